The molecular weight excluding hydrogens is 294 g/mol. The van der Waals surface area contributed by atoms with Crippen molar-refractivity contribution >= 4 is 11.7 Å². The number of H-pyrrole nitrogens is 1. The van der Waals surface area contributed by atoms with E-state index in [0.717, 1.165) is 11.4 Å². The molecule has 0 saturated carbocycles. The van der Waals surface area contributed by atoms with Crippen molar-refractivity contribution < 1.29 is 4.79 Å². The molecule has 0 bridgehead atoms. The zero-order valence-corrected chi connectivity index (χ0v) is 13.8. The van der Waals surface area contributed by atoms with Crippen LogP contribution in [0.3, 0.4) is 0 Å². The molecule has 2 heterocycles. The number of hydrogen-bond acceptors (Lipinski definition) is 5. The average Bonchev–Trinajstić information content (AvgIpc) is 2.49. The van der Waals surface area contributed by atoms with Crippen LogP contribution in [0.1, 0.15) is 22.6 Å². The Kier molecular flexibility index (Phi) is 5.10. The molecule has 0 fully saturated rings. The highest BCUT2D eigenvalue weighted by molar-refractivity contribution is 5.78. The zero-order valence-electron chi connectivity index (χ0n) is 13.8. The number of pyridine rings is 1. The fourth-order valence-electron chi connectivity index (χ4n) is 2.35. The molecule has 2 aromatic heterocycles. The summed E-state index contributed by atoms with van der Waals surface area (Å²) in [5, 5.41) is 2.83. The molecule has 0 spiro atoms. The molecule has 1 amide bonds. The van der Waals surface area contributed by atoms with Gasteiger partial charge in [0.25, 0.3) is 5.56 Å². The van der Waals surface area contributed by atoms with Crippen LogP contribution in [0.5, 0.6) is 0 Å². The third-order valence-electron chi connectivity index (χ3n) is 3.45. The lowest BCUT2D eigenvalue weighted by atomic mass is 10.1. The van der Waals surface area contributed by atoms with E-state index in [0.29, 0.717) is 23.6 Å². The molecule has 0 radical (unpaired) electrons. The minimum atomic E-state index is -0.263. The first-order valence-electron chi connectivity index (χ1n) is 7.32. The number of amides is 1. The maximum absolute atomic E-state index is 12.1. The predicted molar refractivity (Wildman–Crippen MR) is 88.4 cm³/mol. The van der Waals surface area contributed by atoms with Crippen LogP contribution in [0.2, 0.25) is 0 Å². The van der Waals surface area contributed by atoms with E-state index in [1.54, 1.807) is 20.0 Å². The molecule has 7 heteroatoms. The van der Waals surface area contributed by atoms with Gasteiger partial charge in [0.2, 0.25) is 5.91 Å². The number of rotatable bonds is 5. The maximum atomic E-state index is 12.1. The number of carbonyl (C=O) groups excluding carboxylic acids is 1. The largest absolute Gasteiger partial charge is 0.362 e. The Balaban J connectivity index is 2.06. The van der Waals surface area contributed by atoms with Crippen molar-refractivity contribution in [2.45, 2.75) is 26.8 Å². The van der Waals surface area contributed by atoms with Gasteiger partial charge in [-0.15, -0.1) is 0 Å². The number of aryl methyl sites for hydroxylation is 2. The van der Waals surface area contributed by atoms with E-state index in [1.165, 1.54) is 0 Å². The van der Waals surface area contributed by atoms with Crippen molar-refractivity contribution in [1.29, 1.82) is 0 Å². The third-order valence-corrected chi connectivity index (χ3v) is 3.45. The van der Waals surface area contributed by atoms with Crippen molar-refractivity contribution in [1.82, 2.24) is 20.3 Å². The molecular formula is C16H21N5O2. The summed E-state index contributed by atoms with van der Waals surface area (Å²) in [6.07, 6.45) is 1.72. The Morgan fingerprint density at radius 1 is 1.35 bits per heavy atom. The lowest BCUT2D eigenvalue weighted by molar-refractivity contribution is -0.120. The van der Waals surface area contributed by atoms with Gasteiger partial charge in [-0.2, -0.15) is 0 Å². The summed E-state index contributed by atoms with van der Waals surface area (Å²) in [6, 6.07) is 3.74. The molecule has 7 nitrogen and oxygen atoms in total. The normalized spacial score (nSPS) is 10.4. The van der Waals surface area contributed by atoms with Gasteiger partial charge in [-0.25, -0.2) is 9.97 Å². The Morgan fingerprint density at radius 3 is 2.74 bits per heavy atom. The second-order valence-corrected chi connectivity index (χ2v) is 5.55. The minimum absolute atomic E-state index is 0.00596. The van der Waals surface area contributed by atoms with Crippen molar-refractivity contribution in [3.05, 3.63) is 51.3 Å². The van der Waals surface area contributed by atoms with Crippen LogP contribution in [0.15, 0.2) is 23.1 Å². The van der Waals surface area contributed by atoms with Crippen LogP contribution in [0.4, 0.5) is 5.82 Å². The Hall–Kier alpha value is -2.70. The summed E-state index contributed by atoms with van der Waals surface area (Å²) >= 11 is 0. The fourth-order valence-corrected chi connectivity index (χ4v) is 2.35. The Bertz CT molecular complexity index is 767. The van der Waals surface area contributed by atoms with Crippen molar-refractivity contribution in [2.75, 3.05) is 19.0 Å². The smallest absolute Gasteiger partial charge is 0.254 e. The molecule has 0 aliphatic carbocycles. The van der Waals surface area contributed by atoms with Crippen molar-refractivity contribution in [3.8, 4) is 0 Å². The van der Waals surface area contributed by atoms with Gasteiger partial charge in [-0.05, 0) is 19.9 Å². The lowest BCUT2D eigenvalue weighted by Gasteiger charge is -2.16. The van der Waals surface area contributed by atoms with Crippen LogP contribution in [0.25, 0.3) is 0 Å². The topological polar surface area (TPSA) is 91.0 Å². The summed E-state index contributed by atoms with van der Waals surface area (Å²) in [6.45, 7) is 3.80. The van der Waals surface area contributed by atoms with Gasteiger partial charge in [0.1, 0.15) is 11.6 Å². The van der Waals surface area contributed by atoms with Gasteiger partial charge in [0.15, 0.2) is 0 Å². The van der Waals surface area contributed by atoms with Crippen LogP contribution in [0, 0.1) is 13.8 Å². The average molecular weight is 315 g/mol. The number of nitrogens with one attached hydrogen (secondary N) is 2. The molecule has 0 atom stereocenters. The quantitative estimate of drug-likeness (QED) is 0.848. The fraction of sp³-hybridized carbons (Fsp3) is 0.375. The molecule has 0 aliphatic heterocycles. The van der Waals surface area contributed by atoms with Crippen LogP contribution in [-0.2, 0) is 17.8 Å². The van der Waals surface area contributed by atoms with E-state index in [2.05, 4.69) is 20.3 Å². The Labute approximate surface area is 134 Å². The van der Waals surface area contributed by atoms with Gasteiger partial charge in [-0.3, -0.25) is 9.59 Å². The molecule has 0 aromatic carbocycles. The molecule has 0 saturated heterocycles. The molecule has 23 heavy (non-hydrogen) atoms. The highest BCUT2D eigenvalue weighted by Gasteiger charge is 2.12. The van der Waals surface area contributed by atoms with E-state index in [9.17, 15) is 9.59 Å². The number of anilines is 1. The molecule has 2 rings (SSSR count). The SMILES string of the molecule is Cc1nc(C)c(CC(=O)NCc2cccnc2N(C)C)c(=O)[nH]1. The van der Waals surface area contributed by atoms with Crippen LogP contribution in [-0.4, -0.2) is 35.0 Å². The summed E-state index contributed by atoms with van der Waals surface area (Å²) in [5.41, 5.74) is 1.63. The van der Waals surface area contributed by atoms with Gasteiger partial charge in [-0.1, -0.05) is 6.07 Å². The first-order valence-corrected chi connectivity index (χ1v) is 7.32. The maximum Gasteiger partial charge on any atom is 0.254 e. The van der Waals surface area contributed by atoms with Crippen LogP contribution >= 0.6 is 0 Å². The summed E-state index contributed by atoms with van der Waals surface area (Å²) < 4.78 is 0. The van der Waals surface area contributed by atoms with Gasteiger partial charge >= 0.3 is 0 Å². The first-order chi connectivity index (χ1) is 10.9. The number of hydrogen-bond donors (Lipinski definition) is 2. The highest BCUT2D eigenvalue weighted by atomic mass is 16.2. The second-order valence-electron chi connectivity index (χ2n) is 5.55. The van der Waals surface area contributed by atoms with Crippen molar-refractivity contribution in [3.63, 3.8) is 0 Å². The summed E-state index contributed by atoms with van der Waals surface area (Å²) in [5.74, 6) is 1.12. The summed E-state index contributed by atoms with van der Waals surface area (Å²) in [4.78, 5) is 37.0. The molecule has 122 valence electrons. The zero-order chi connectivity index (χ0) is 17.0. The first kappa shape index (κ1) is 16.7. The van der Waals surface area contributed by atoms with E-state index in [4.69, 9.17) is 0 Å². The number of carbonyl (C=O) groups is 1. The third kappa shape index (κ3) is 4.15. The van der Waals surface area contributed by atoms with E-state index >= 15 is 0 Å². The Morgan fingerprint density at radius 2 is 2.09 bits per heavy atom. The number of nitrogens with zero attached hydrogens (tertiary/aromatic N) is 3. The minimum Gasteiger partial charge on any atom is -0.362 e. The monoisotopic (exact) mass is 315 g/mol. The molecule has 2 N–H and O–H groups in total. The van der Waals surface area contributed by atoms with E-state index in [1.807, 2.05) is 31.1 Å². The molecule has 0 aliphatic rings. The van der Waals surface area contributed by atoms with Crippen molar-refractivity contribution in [2.24, 2.45) is 0 Å². The van der Waals surface area contributed by atoms with E-state index < -0.39 is 0 Å². The van der Waals surface area contributed by atoms with Gasteiger partial charge < -0.3 is 15.2 Å². The predicted octanol–water partition coefficient (Wildman–Crippen LogP) is 0.707. The number of aromatic amines is 1. The summed E-state index contributed by atoms with van der Waals surface area (Å²) in [7, 11) is 3.79. The second kappa shape index (κ2) is 7.04. The standard InChI is InChI=1S/C16H21N5O2/c1-10-13(16(23)20-11(2)19-10)8-14(22)18-9-12-6-5-7-17-15(12)21(3)4/h5-7H,8-9H2,1-4H3,(H,18,22)(H,19,20,23). The lowest BCUT2D eigenvalue weighted by Crippen LogP contribution is -2.29. The van der Waals surface area contributed by atoms with Crippen LogP contribution < -0.4 is 15.8 Å². The van der Waals surface area contributed by atoms with Gasteiger partial charge in [0.05, 0.1) is 6.42 Å². The molecule has 0 unspecified atom stereocenters. The van der Waals surface area contributed by atoms with Gasteiger partial charge in [0, 0.05) is 43.7 Å². The highest BCUT2D eigenvalue weighted by Crippen LogP contribution is 2.13. The van der Waals surface area contributed by atoms with E-state index in [-0.39, 0.29) is 17.9 Å². The molecule has 2 aromatic rings. The number of aromatic nitrogens is 3.